The summed E-state index contributed by atoms with van der Waals surface area (Å²) in [5, 5.41) is 9.24. The second-order valence-corrected chi connectivity index (χ2v) is 7.15. The maximum Gasteiger partial charge on any atom is 0.410 e. The monoisotopic (exact) mass is 285 g/mol. The first-order valence-electron chi connectivity index (χ1n) is 7.29. The minimum Gasteiger partial charge on any atom is -0.481 e. The molecule has 1 saturated heterocycles. The normalized spacial score (nSPS) is 23.8. The van der Waals surface area contributed by atoms with Crippen molar-refractivity contribution in [1.82, 2.24) is 4.90 Å². The lowest BCUT2D eigenvalue weighted by Crippen LogP contribution is -2.48. The summed E-state index contributed by atoms with van der Waals surface area (Å²) < 4.78 is 5.35. The molecule has 0 saturated carbocycles. The lowest BCUT2D eigenvalue weighted by molar-refractivity contribution is -0.144. The zero-order valence-corrected chi connectivity index (χ0v) is 13.2. The number of hydrogen-bond donors (Lipinski definition) is 1. The van der Waals surface area contributed by atoms with Crippen LogP contribution in [0.4, 0.5) is 4.79 Å². The minimum atomic E-state index is -0.827. The van der Waals surface area contributed by atoms with E-state index in [4.69, 9.17) is 4.74 Å². The van der Waals surface area contributed by atoms with Crippen LogP contribution >= 0.6 is 0 Å². The molecule has 2 atom stereocenters. The number of amides is 1. The van der Waals surface area contributed by atoms with Crippen LogP contribution in [-0.2, 0) is 9.53 Å². The van der Waals surface area contributed by atoms with E-state index >= 15 is 0 Å². The van der Waals surface area contributed by atoms with Crippen LogP contribution in [-0.4, -0.2) is 40.8 Å². The standard InChI is InChI=1S/C15H27NO4/c1-10(2)6-11-7-12(13(17)18)9-16(8-11)14(19)20-15(3,4)5/h10-12H,6-9H2,1-5H3,(H,17,18)/t11-,12-/m0/s1. The molecule has 0 aromatic carbocycles. The fraction of sp³-hybridized carbons (Fsp3) is 0.867. The smallest absolute Gasteiger partial charge is 0.410 e. The number of piperidine rings is 1. The van der Waals surface area contributed by atoms with E-state index in [2.05, 4.69) is 13.8 Å². The highest BCUT2D eigenvalue weighted by Gasteiger charge is 2.35. The van der Waals surface area contributed by atoms with Gasteiger partial charge in [-0.05, 0) is 45.4 Å². The maximum atomic E-state index is 12.1. The van der Waals surface area contributed by atoms with Crippen LogP contribution < -0.4 is 0 Å². The largest absolute Gasteiger partial charge is 0.481 e. The van der Waals surface area contributed by atoms with Gasteiger partial charge in [0, 0.05) is 13.1 Å². The van der Waals surface area contributed by atoms with Gasteiger partial charge in [0.2, 0.25) is 0 Å². The molecule has 1 aliphatic heterocycles. The van der Waals surface area contributed by atoms with Crippen LogP contribution in [0.1, 0.15) is 47.5 Å². The van der Waals surface area contributed by atoms with E-state index in [9.17, 15) is 14.7 Å². The number of hydrogen-bond acceptors (Lipinski definition) is 3. The summed E-state index contributed by atoms with van der Waals surface area (Å²) in [5.41, 5.74) is -0.555. The number of carboxylic acid groups (broad SMARTS) is 1. The average molecular weight is 285 g/mol. The number of rotatable bonds is 3. The predicted molar refractivity (Wildman–Crippen MR) is 76.5 cm³/mol. The molecule has 1 heterocycles. The zero-order valence-electron chi connectivity index (χ0n) is 13.2. The first kappa shape index (κ1) is 16.8. The quantitative estimate of drug-likeness (QED) is 0.865. The summed E-state index contributed by atoms with van der Waals surface area (Å²) in [4.78, 5) is 24.9. The molecule has 1 fully saturated rings. The Kier molecular flexibility index (Phi) is 5.42. The number of carbonyl (C=O) groups excluding carboxylic acids is 1. The van der Waals surface area contributed by atoms with Crippen molar-refractivity contribution in [2.75, 3.05) is 13.1 Å². The first-order valence-corrected chi connectivity index (χ1v) is 7.29. The molecule has 0 spiro atoms. The third-order valence-corrected chi connectivity index (χ3v) is 3.34. The van der Waals surface area contributed by atoms with Crippen LogP contribution in [0.15, 0.2) is 0 Å². The molecule has 0 bridgehead atoms. The molecule has 0 aromatic heterocycles. The van der Waals surface area contributed by atoms with E-state index in [0.29, 0.717) is 18.9 Å². The summed E-state index contributed by atoms with van der Waals surface area (Å²) in [6.07, 6.45) is 1.17. The van der Waals surface area contributed by atoms with Gasteiger partial charge in [-0.3, -0.25) is 4.79 Å². The van der Waals surface area contributed by atoms with Crippen molar-refractivity contribution in [3.05, 3.63) is 0 Å². The van der Waals surface area contributed by atoms with E-state index in [-0.39, 0.29) is 12.5 Å². The molecule has 0 unspecified atom stereocenters. The highest BCUT2D eigenvalue weighted by molar-refractivity contribution is 5.73. The topological polar surface area (TPSA) is 66.8 Å². The van der Waals surface area contributed by atoms with E-state index in [1.54, 1.807) is 4.90 Å². The fourth-order valence-corrected chi connectivity index (χ4v) is 2.70. The van der Waals surface area contributed by atoms with Crippen molar-refractivity contribution >= 4 is 12.1 Å². The lowest BCUT2D eigenvalue weighted by atomic mass is 9.84. The maximum absolute atomic E-state index is 12.1. The molecule has 20 heavy (non-hydrogen) atoms. The number of nitrogens with zero attached hydrogens (tertiary/aromatic N) is 1. The summed E-state index contributed by atoms with van der Waals surface area (Å²) in [6.45, 7) is 10.5. The molecular weight excluding hydrogens is 258 g/mol. The van der Waals surface area contributed by atoms with Gasteiger partial charge in [0.1, 0.15) is 5.60 Å². The Morgan fingerprint density at radius 1 is 1.30 bits per heavy atom. The van der Waals surface area contributed by atoms with Crippen molar-refractivity contribution in [1.29, 1.82) is 0 Å². The van der Waals surface area contributed by atoms with Gasteiger partial charge in [-0.1, -0.05) is 13.8 Å². The number of aliphatic carboxylic acids is 1. The van der Waals surface area contributed by atoms with Gasteiger partial charge in [-0.25, -0.2) is 4.79 Å². The second kappa shape index (κ2) is 6.46. The number of ether oxygens (including phenoxy) is 1. The van der Waals surface area contributed by atoms with Gasteiger partial charge >= 0.3 is 12.1 Å². The Balaban J connectivity index is 2.74. The van der Waals surface area contributed by atoms with Gasteiger partial charge in [-0.2, -0.15) is 0 Å². The van der Waals surface area contributed by atoms with Crippen LogP contribution in [0.2, 0.25) is 0 Å². The first-order chi connectivity index (χ1) is 9.08. The fourth-order valence-electron chi connectivity index (χ4n) is 2.70. The van der Waals surface area contributed by atoms with Gasteiger partial charge in [0.15, 0.2) is 0 Å². The summed E-state index contributed by atoms with van der Waals surface area (Å²) >= 11 is 0. The van der Waals surface area contributed by atoms with E-state index in [1.807, 2.05) is 20.8 Å². The van der Waals surface area contributed by atoms with Gasteiger partial charge < -0.3 is 14.7 Å². The number of carboxylic acids is 1. The third kappa shape index (κ3) is 5.39. The Hall–Kier alpha value is -1.26. The molecular formula is C15H27NO4. The van der Waals surface area contributed by atoms with Crippen molar-refractivity contribution in [2.45, 2.75) is 53.1 Å². The molecule has 5 heteroatoms. The molecule has 116 valence electrons. The van der Waals surface area contributed by atoms with E-state index in [0.717, 1.165) is 6.42 Å². The molecule has 0 aromatic rings. The van der Waals surface area contributed by atoms with E-state index < -0.39 is 23.6 Å². The summed E-state index contributed by atoms with van der Waals surface area (Å²) in [5.74, 6) is -0.586. The molecule has 0 aliphatic carbocycles. The molecule has 5 nitrogen and oxygen atoms in total. The Labute approximate surface area is 121 Å². The SMILES string of the molecule is CC(C)C[C@H]1C[C@H](C(=O)O)CN(C(=O)OC(C)(C)C)C1. The lowest BCUT2D eigenvalue weighted by Gasteiger charge is -2.37. The van der Waals surface area contributed by atoms with Crippen LogP contribution in [0.5, 0.6) is 0 Å². The van der Waals surface area contributed by atoms with Crippen LogP contribution in [0.25, 0.3) is 0 Å². The second-order valence-electron chi connectivity index (χ2n) is 7.15. The average Bonchev–Trinajstić information content (AvgIpc) is 2.25. The van der Waals surface area contributed by atoms with Crippen molar-refractivity contribution in [3.8, 4) is 0 Å². The molecule has 0 radical (unpaired) electrons. The Morgan fingerprint density at radius 3 is 2.35 bits per heavy atom. The van der Waals surface area contributed by atoms with Crippen molar-refractivity contribution in [3.63, 3.8) is 0 Å². The van der Waals surface area contributed by atoms with Gasteiger partial charge in [-0.15, -0.1) is 0 Å². The highest BCUT2D eigenvalue weighted by Crippen LogP contribution is 2.28. The highest BCUT2D eigenvalue weighted by atomic mass is 16.6. The van der Waals surface area contributed by atoms with Crippen LogP contribution in [0, 0.1) is 17.8 Å². The number of carbonyl (C=O) groups is 2. The van der Waals surface area contributed by atoms with Gasteiger partial charge in [0.05, 0.1) is 5.92 Å². The molecule has 1 aliphatic rings. The molecule has 1 N–H and O–H groups in total. The third-order valence-electron chi connectivity index (χ3n) is 3.34. The zero-order chi connectivity index (χ0) is 15.5. The predicted octanol–water partition coefficient (Wildman–Crippen LogP) is 2.99. The Morgan fingerprint density at radius 2 is 1.90 bits per heavy atom. The minimum absolute atomic E-state index is 0.234. The molecule has 1 rings (SSSR count). The Bertz CT molecular complexity index is 359. The summed E-state index contributed by atoms with van der Waals surface area (Å²) in [6, 6.07) is 0. The molecule has 1 amide bonds. The summed E-state index contributed by atoms with van der Waals surface area (Å²) in [7, 11) is 0. The van der Waals surface area contributed by atoms with E-state index in [1.165, 1.54) is 0 Å². The van der Waals surface area contributed by atoms with Gasteiger partial charge in [0.25, 0.3) is 0 Å². The van der Waals surface area contributed by atoms with Crippen molar-refractivity contribution in [2.24, 2.45) is 17.8 Å². The number of likely N-dealkylation sites (tertiary alicyclic amines) is 1. The van der Waals surface area contributed by atoms with Crippen molar-refractivity contribution < 1.29 is 19.4 Å². The van der Waals surface area contributed by atoms with Crippen LogP contribution in [0.3, 0.4) is 0 Å².